The van der Waals surface area contributed by atoms with Crippen LogP contribution in [0.2, 0.25) is 0 Å². The van der Waals surface area contributed by atoms with Crippen LogP contribution in [0.15, 0.2) is 30.3 Å². The van der Waals surface area contributed by atoms with Gasteiger partial charge in [0.05, 0.1) is 0 Å². The van der Waals surface area contributed by atoms with Crippen LogP contribution in [0.4, 0.5) is 0 Å². The van der Waals surface area contributed by atoms with E-state index in [1.807, 2.05) is 6.07 Å². The Hall–Kier alpha value is -1.39. The second kappa shape index (κ2) is 6.98. The Morgan fingerprint density at radius 2 is 1.47 bits per heavy atom. The molecule has 0 saturated carbocycles. The zero-order chi connectivity index (χ0) is 10.9. The van der Waals surface area contributed by atoms with Gasteiger partial charge in [-0.25, -0.2) is 0 Å². The second-order valence-corrected chi connectivity index (χ2v) is 3.23. The van der Waals surface area contributed by atoms with Gasteiger partial charge in [-0.05, 0) is 12.1 Å². The molecule has 0 atom stereocenters. The van der Waals surface area contributed by atoms with Crippen molar-refractivity contribution in [3.05, 3.63) is 35.9 Å². The fraction of sp³-hybridized carbons (Fsp3) is 0.364. The molecule has 0 aliphatic carbocycles. The van der Waals surface area contributed by atoms with Gasteiger partial charge in [0.15, 0.2) is 0 Å². The molecule has 1 amide bonds. The molecule has 1 aromatic carbocycles. The minimum atomic E-state index is -0.379. The van der Waals surface area contributed by atoms with E-state index in [1.54, 1.807) is 24.3 Å². The van der Waals surface area contributed by atoms with Crippen LogP contribution in [0.5, 0.6) is 0 Å². The predicted molar refractivity (Wildman–Crippen MR) is 60.7 cm³/mol. The van der Waals surface area contributed by atoms with Crippen molar-refractivity contribution < 1.29 is 4.79 Å². The first-order valence-electron chi connectivity index (χ1n) is 5.07. The largest absolute Gasteiger partial charge is 0.366 e. The summed E-state index contributed by atoms with van der Waals surface area (Å²) in [5.41, 5.74) is 5.53. The standard InChI is InChI=1S/C7H7NO.C4H10N2/c8-7(9)6-4-2-1-3-5-6;1-2-6-4-3-5-1/h1-5H,(H2,8,9);5-6H,1-4H2. The van der Waals surface area contributed by atoms with Gasteiger partial charge in [-0.2, -0.15) is 0 Å². The number of hydrogen-bond acceptors (Lipinski definition) is 3. The van der Waals surface area contributed by atoms with Gasteiger partial charge in [-0.1, -0.05) is 18.2 Å². The lowest BCUT2D eigenvalue weighted by Gasteiger charge is -2.11. The van der Waals surface area contributed by atoms with E-state index in [1.165, 1.54) is 0 Å². The molecule has 4 N–H and O–H groups in total. The minimum absolute atomic E-state index is 0.379. The number of primary amides is 1. The number of carbonyl (C=O) groups is 1. The molecule has 82 valence electrons. The van der Waals surface area contributed by atoms with Crippen LogP contribution in [0.25, 0.3) is 0 Å². The first-order valence-corrected chi connectivity index (χ1v) is 5.07. The second-order valence-electron chi connectivity index (χ2n) is 3.23. The topological polar surface area (TPSA) is 67.2 Å². The molecule has 0 aromatic heterocycles. The lowest BCUT2D eigenvalue weighted by atomic mass is 10.2. The van der Waals surface area contributed by atoms with Crippen molar-refractivity contribution in [2.75, 3.05) is 26.2 Å². The number of amides is 1. The quantitative estimate of drug-likeness (QED) is 0.605. The van der Waals surface area contributed by atoms with Gasteiger partial charge >= 0.3 is 0 Å². The molecule has 0 unspecified atom stereocenters. The van der Waals surface area contributed by atoms with Crippen molar-refractivity contribution in [3.8, 4) is 0 Å². The fourth-order valence-electron chi connectivity index (χ4n) is 1.21. The Morgan fingerprint density at radius 3 is 1.73 bits per heavy atom. The Kier molecular flexibility index (Phi) is 5.43. The van der Waals surface area contributed by atoms with Crippen molar-refractivity contribution in [2.24, 2.45) is 5.73 Å². The Balaban J connectivity index is 0.000000162. The molecular weight excluding hydrogens is 190 g/mol. The smallest absolute Gasteiger partial charge is 0.248 e. The highest BCUT2D eigenvalue weighted by Gasteiger charge is 1.93. The van der Waals surface area contributed by atoms with Gasteiger partial charge in [-0.15, -0.1) is 0 Å². The highest BCUT2D eigenvalue weighted by atomic mass is 16.1. The molecule has 0 bridgehead atoms. The number of carbonyl (C=O) groups excluding carboxylic acids is 1. The van der Waals surface area contributed by atoms with E-state index >= 15 is 0 Å². The number of rotatable bonds is 1. The zero-order valence-electron chi connectivity index (χ0n) is 8.70. The summed E-state index contributed by atoms with van der Waals surface area (Å²) < 4.78 is 0. The average molecular weight is 207 g/mol. The van der Waals surface area contributed by atoms with E-state index in [9.17, 15) is 4.79 Å². The average Bonchev–Trinajstić information content (AvgIpc) is 2.33. The summed E-state index contributed by atoms with van der Waals surface area (Å²) in [4.78, 5) is 10.4. The Labute approximate surface area is 89.9 Å². The van der Waals surface area contributed by atoms with E-state index in [2.05, 4.69) is 10.6 Å². The fourth-order valence-corrected chi connectivity index (χ4v) is 1.21. The summed E-state index contributed by atoms with van der Waals surface area (Å²) >= 11 is 0. The van der Waals surface area contributed by atoms with Crippen LogP contribution >= 0.6 is 0 Å². The summed E-state index contributed by atoms with van der Waals surface area (Å²) in [5, 5.41) is 6.44. The van der Waals surface area contributed by atoms with Gasteiger partial charge < -0.3 is 16.4 Å². The molecule has 0 radical (unpaired) electrons. The van der Waals surface area contributed by atoms with Crippen molar-refractivity contribution in [2.45, 2.75) is 0 Å². The maximum absolute atomic E-state index is 10.4. The number of piperazine rings is 1. The van der Waals surface area contributed by atoms with Crippen LogP contribution < -0.4 is 16.4 Å². The van der Waals surface area contributed by atoms with Gasteiger partial charge in [0, 0.05) is 31.7 Å². The Bertz CT molecular complexity index is 272. The summed E-state index contributed by atoms with van der Waals surface area (Å²) in [5.74, 6) is -0.379. The van der Waals surface area contributed by atoms with Crippen molar-refractivity contribution in [1.29, 1.82) is 0 Å². The third-order valence-electron chi connectivity index (χ3n) is 2.02. The molecule has 1 fully saturated rings. The molecule has 2 rings (SSSR count). The van der Waals surface area contributed by atoms with Gasteiger partial charge in [0.1, 0.15) is 0 Å². The van der Waals surface area contributed by atoms with E-state index in [4.69, 9.17) is 5.73 Å². The van der Waals surface area contributed by atoms with Crippen molar-refractivity contribution in [3.63, 3.8) is 0 Å². The summed E-state index contributed by atoms with van der Waals surface area (Å²) in [7, 11) is 0. The summed E-state index contributed by atoms with van der Waals surface area (Å²) in [6.07, 6.45) is 0. The molecule has 1 aliphatic rings. The Morgan fingerprint density at radius 1 is 1.00 bits per heavy atom. The molecule has 1 aliphatic heterocycles. The van der Waals surface area contributed by atoms with Gasteiger partial charge in [0.2, 0.25) is 5.91 Å². The highest BCUT2D eigenvalue weighted by Crippen LogP contribution is 1.94. The third-order valence-corrected chi connectivity index (χ3v) is 2.02. The first-order chi connectivity index (χ1) is 7.30. The normalized spacial score (nSPS) is 14.9. The lowest BCUT2D eigenvalue weighted by Crippen LogP contribution is -2.39. The molecule has 1 saturated heterocycles. The molecule has 0 spiro atoms. The van der Waals surface area contributed by atoms with Crippen LogP contribution in [0.1, 0.15) is 10.4 Å². The van der Waals surface area contributed by atoms with Gasteiger partial charge in [-0.3, -0.25) is 4.79 Å². The molecule has 1 heterocycles. The van der Waals surface area contributed by atoms with Crippen LogP contribution in [-0.2, 0) is 0 Å². The summed E-state index contributed by atoms with van der Waals surface area (Å²) in [6.45, 7) is 4.56. The number of hydrogen-bond donors (Lipinski definition) is 3. The van der Waals surface area contributed by atoms with Crippen LogP contribution in [0.3, 0.4) is 0 Å². The summed E-state index contributed by atoms with van der Waals surface area (Å²) in [6, 6.07) is 8.76. The monoisotopic (exact) mass is 207 g/mol. The van der Waals surface area contributed by atoms with E-state index in [0.717, 1.165) is 26.2 Å². The SMILES string of the molecule is C1CNCCN1.NC(=O)c1ccccc1. The maximum atomic E-state index is 10.4. The van der Waals surface area contributed by atoms with Crippen molar-refractivity contribution in [1.82, 2.24) is 10.6 Å². The minimum Gasteiger partial charge on any atom is -0.366 e. The maximum Gasteiger partial charge on any atom is 0.248 e. The number of nitrogens with one attached hydrogen (secondary N) is 2. The van der Waals surface area contributed by atoms with Crippen LogP contribution in [0, 0.1) is 0 Å². The zero-order valence-corrected chi connectivity index (χ0v) is 8.70. The molecular formula is C11H17N3O. The third kappa shape index (κ3) is 5.15. The molecule has 1 aromatic rings. The molecule has 15 heavy (non-hydrogen) atoms. The first kappa shape index (κ1) is 11.7. The molecule has 4 nitrogen and oxygen atoms in total. The van der Waals surface area contributed by atoms with Crippen LogP contribution in [-0.4, -0.2) is 32.1 Å². The van der Waals surface area contributed by atoms with E-state index in [-0.39, 0.29) is 5.91 Å². The molecule has 4 heteroatoms. The van der Waals surface area contributed by atoms with Crippen molar-refractivity contribution >= 4 is 5.91 Å². The number of benzene rings is 1. The van der Waals surface area contributed by atoms with E-state index in [0.29, 0.717) is 5.56 Å². The predicted octanol–water partition coefficient (Wildman–Crippen LogP) is -0.0353. The van der Waals surface area contributed by atoms with E-state index < -0.39 is 0 Å². The highest BCUT2D eigenvalue weighted by molar-refractivity contribution is 5.92. The lowest BCUT2D eigenvalue weighted by molar-refractivity contribution is 0.100. The number of nitrogens with two attached hydrogens (primary N) is 1. The van der Waals surface area contributed by atoms with Gasteiger partial charge in [0.25, 0.3) is 0 Å².